The number of carbonyl (C=O) groups is 1. The zero-order chi connectivity index (χ0) is 14.7. The molecule has 1 N–H and O–H groups in total. The maximum absolute atomic E-state index is 11.9. The van der Waals surface area contributed by atoms with E-state index in [0.29, 0.717) is 5.56 Å². The maximum Gasteiger partial charge on any atom is 0.251 e. The quantitative estimate of drug-likeness (QED) is 0.786. The molecule has 0 spiro atoms. The average molecular weight is 277 g/mol. The van der Waals surface area contributed by atoms with E-state index in [0.717, 1.165) is 22.3 Å². The smallest absolute Gasteiger partial charge is 0.251 e. The summed E-state index contributed by atoms with van der Waals surface area (Å²) < 4.78 is 5.81. The van der Waals surface area contributed by atoms with E-state index in [-0.39, 0.29) is 5.91 Å². The van der Waals surface area contributed by atoms with Crippen molar-refractivity contribution in [2.45, 2.75) is 0 Å². The first-order valence-electron chi connectivity index (χ1n) is 6.76. The van der Waals surface area contributed by atoms with Gasteiger partial charge in [-0.15, -0.1) is 0 Å². The van der Waals surface area contributed by atoms with E-state index < -0.39 is 0 Å². The SMILES string of the molecule is CNC(=O)c1cccc2cc(Oc3ccccc3)ccc12. The third kappa shape index (κ3) is 2.72. The molecule has 0 unspecified atom stereocenters. The molecule has 0 bridgehead atoms. The van der Waals surface area contributed by atoms with Crippen molar-refractivity contribution in [1.82, 2.24) is 5.32 Å². The molecule has 21 heavy (non-hydrogen) atoms. The lowest BCUT2D eigenvalue weighted by atomic mass is 10.0. The van der Waals surface area contributed by atoms with Gasteiger partial charge in [-0.3, -0.25) is 4.79 Å². The van der Waals surface area contributed by atoms with Gasteiger partial charge in [0, 0.05) is 12.6 Å². The third-order valence-electron chi connectivity index (χ3n) is 3.30. The highest BCUT2D eigenvalue weighted by atomic mass is 16.5. The molecule has 3 nitrogen and oxygen atoms in total. The van der Waals surface area contributed by atoms with Crippen molar-refractivity contribution in [3.63, 3.8) is 0 Å². The number of ether oxygens (including phenoxy) is 1. The zero-order valence-corrected chi connectivity index (χ0v) is 11.7. The summed E-state index contributed by atoms with van der Waals surface area (Å²) in [6.07, 6.45) is 0. The summed E-state index contributed by atoms with van der Waals surface area (Å²) in [6, 6.07) is 21.0. The van der Waals surface area contributed by atoms with E-state index in [9.17, 15) is 4.79 Å². The van der Waals surface area contributed by atoms with Crippen molar-refractivity contribution < 1.29 is 9.53 Å². The van der Waals surface area contributed by atoms with Crippen LogP contribution < -0.4 is 10.1 Å². The Morgan fingerprint density at radius 1 is 0.905 bits per heavy atom. The first-order chi connectivity index (χ1) is 10.3. The van der Waals surface area contributed by atoms with E-state index in [1.165, 1.54) is 0 Å². The maximum atomic E-state index is 11.9. The van der Waals surface area contributed by atoms with Crippen molar-refractivity contribution in [3.8, 4) is 11.5 Å². The Morgan fingerprint density at radius 3 is 2.48 bits per heavy atom. The number of para-hydroxylation sites is 1. The molecule has 3 heteroatoms. The van der Waals surface area contributed by atoms with E-state index >= 15 is 0 Å². The van der Waals surface area contributed by atoms with Gasteiger partial charge in [-0.2, -0.15) is 0 Å². The fourth-order valence-corrected chi connectivity index (χ4v) is 2.28. The van der Waals surface area contributed by atoms with Crippen LogP contribution in [0.15, 0.2) is 66.7 Å². The van der Waals surface area contributed by atoms with Crippen LogP contribution in [0, 0.1) is 0 Å². The second kappa shape index (κ2) is 5.67. The van der Waals surface area contributed by atoms with Crippen LogP contribution in [0.5, 0.6) is 11.5 Å². The summed E-state index contributed by atoms with van der Waals surface area (Å²) in [4.78, 5) is 11.9. The van der Waals surface area contributed by atoms with Gasteiger partial charge in [-0.1, -0.05) is 30.3 Å². The van der Waals surface area contributed by atoms with Gasteiger partial charge < -0.3 is 10.1 Å². The minimum absolute atomic E-state index is 0.0858. The summed E-state index contributed by atoms with van der Waals surface area (Å²) >= 11 is 0. The van der Waals surface area contributed by atoms with Gasteiger partial charge in [-0.25, -0.2) is 0 Å². The van der Waals surface area contributed by atoms with Crippen LogP contribution in [-0.4, -0.2) is 13.0 Å². The Hall–Kier alpha value is -2.81. The van der Waals surface area contributed by atoms with Gasteiger partial charge in [0.05, 0.1) is 0 Å². The molecular weight excluding hydrogens is 262 g/mol. The molecule has 0 saturated carbocycles. The Morgan fingerprint density at radius 2 is 1.71 bits per heavy atom. The van der Waals surface area contributed by atoms with Gasteiger partial charge in [0.1, 0.15) is 11.5 Å². The van der Waals surface area contributed by atoms with Crippen LogP contribution in [0.2, 0.25) is 0 Å². The Labute approximate surface area is 123 Å². The van der Waals surface area contributed by atoms with E-state index in [2.05, 4.69) is 5.32 Å². The minimum atomic E-state index is -0.0858. The standard InChI is InChI=1S/C18H15NO2/c1-19-18(20)17-9-5-6-13-12-15(10-11-16(13)17)21-14-7-3-2-4-8-14/h2-12H,1H3,(H,19,20). The fourth-order valence-electron chi connectivity index (χ4n) is 2.28. The molecule has 0 aromatic heterocycles. The molecule has 0 aliphatic rings. The Balaban J connectivity index is 1.99. The van der Waals surface area contributed by atoms with Crippen LogP contribution in [0.4, 0.5) is 0 Å². The van der Waals surface area contributed by atoms with Crippen molar-refractivity contribution in [1.29, 1.82) is 0 Å². The number of hydrogen-bond acceptors (Lipinski definition) is 2. The average Bonchev–Trinajstić information content (AvgIpc) is 2.54. The lowest BCUT2D eigenvalue weighted by molar-refractivity contribution is 0.0964. The van der Waals surface area contributed by atoms with Crippen LogP contribution >= 0.6 is 0 Å². The lowest BCUT2D eigenvalue weighted by Gasteiger charge is -2.09. The van der Waals surface area contributed by atoms with E-state index in [1.54, 1.807) is 7.05 Å². The van der Waals surface area contributed by atoms with Crippen molar-refractivity contribution in [2.24, 2.45) is 0 Å². The van der Waals surface area contributed by atoms with Crippen LogP contribution in [0.3, 0.4) is 0 Å². The number of rotatable bonds is 3. The number of benzene rings is 3. The molecule has 3 aromatic carbocycles. The van der Waals surface area contributed by atoms with Gasteiger partial charge in [0.2, 0.25) is 0 Å². The molecule has 3 rings (SSSR count). The Kier molecular flexibility index (Phi) is 3.56. The summed E-state index contributed by atoms with van der Waals surface area (Å²) in [5.74, 6) is 1.46. The fraction of sp³-hybridized carbons (Fsp3) is 0.0556. The zero-order valence-electron chi connectivity index (χ0n) is 11.7. The largest absolute Gasteiger partial charge is 0.457 e. The highest BCUT2D eigenvalue weighted by Crippen LogP contribution is 2.27. The lowest BCUT2D eigenvalue weighted by Crippen LogP contribution is -2.17. The highest BCUT2D eigenvalue weighted by Gasteiger charge is 2.08. The number of nitrogens with one attached hydrogen (secondary N) is 1. The summed E-state index contributed by atoms with van der Waals surface area (Å²) in [6.45, 7) is 0. The van der Waals surface area contributed by atoms with Crippen LogP contribution in [0.1, 0.15) is 10.4 Å². The Bertz CT molecular complexity index is 782. The summed E-state index contributed by atoms with van der Waals surface area (Å²) in [5.41, 5.74) is 0.668. The molecule has 1 amide bonds. The predicted molar refractivity (Wildman–Crippen MR) is 83.9 cm³/mol. The molecule has 3 aromatic rings. The molecule has 0 radical (unpaired) electrons. The molecule has 0 atom stereocenters. The number of carbonyl (C=O) groups excluding carboxylic acids is 1. The van der Waals surface area contributed by atoms with Gasteiger partial charge in [-0.05, 0) is 47.2 Å². The van der Waals surface area contributed by atoms with Gasteiger partial charge >= 0.3 is 0 Å². The third-order valence-corrected chi connectivity index (χ3v) is 3.30. The molecule has 0 heterocycles. The predicted octanol–water partition coefficient (Wildman–Crippen LogP) is 3.99. The van der Waals surface area contributed by atoms with Crippen LogP contribution in [0.25, 0.3) is 10.8 Å². The topological polar surface area (TPSA) is 38.3 Å². The number of fused-ring (bicyclic) bond motifs is 1. The van der Waals surface area contributed by atoms with Crippen molar-refractivity contribution in [3.05, 3.63) is 72.3 Å². The molecule has 0 aliphatic carbocycles. The van der Waals surface area contributed by atoms with E-state index in [4.69, 9.17) is 4.74 Å². The van der Waals surface area contributed by atoms with Crippen molar-refractivity contribution in [2.75, 3.05) is 7.05 Å². The number of hydrogen-bond donors (Lipinski definition) is 1. The van der Waals surface area contributed by atoms with Gasteiger partial charge in [0.25, 0.3) is 5.91 Å². The molecular formula is C18H15NO2. The number of amides is 1. The summed E-state index contributed by atoms with van der Waals surface area (Å²) in [7, 11) is 1.63. The molecule has 0 fully saturated rings. The molecule has 0 saturated heterocycles. The molecule has 104 valence electrons. The van der Waals surface area contributed by atoms with Crippen molar-refractivity contribution >= 4 is 16.7 Å². The second-order valence-electron chi connectivity index (χ2n) is 4.68. The van der Waals surface area contributed by atoms with Crippen LogP contribution in [-0.2, 0) is 0 Å². The first kappa shape index (κ1) is 13.2. The highest BCUT2D eigenvalue weighted by molar-refractivity contribution is 6.07. The monoisotopic (exact) mass is 277 g/mol. The van der Waals surface area contributed by atoms with Gasteiger partial charge in [0.15, 0.2) is 0 Å². The first-order valence-corrected chi connectivity index (χ1v) is 6.76. The molecule has 0 aliphatic heterocycles. The summed E-state index contributed by atoms with van der Waals surface area (Å²) in [5, 5.41) is 4.55. The second-order valence-corrected chi connectivity index (χ2v) is 4.68. The minimum Gasteiger partial charge on any atom is -0.457 e. The van der Waals surface area contributed by atoms with E-state index in [1.807, 2.05) is 66.7 Å². The normalized spacial score (nSPS) is 10.3.